The number of nitriles is 1. The number of amides is 1. The van der Waals surface area contributed by atoms with Gasteiger partial charge in [-0.1, -0.05) is 6.07 Å². The third kappa shape index (κ3) is 2.30. The molecule has 0 aromatic heterocycles. The summed E-state index contributed by atoms with van der Waals surface area (Å²) in [5.74, 6) is -0.394. The summed E-state index contributed by atoms with van der Waals surface area (Å²) in [5, 5.41) is 10.3. The Balaban J connectivity index is 3.03. The van der Waals surface area contributed by atoms with E-state index in [1.165, 1.54) is 0 Å². The largest absolute Gasteiger partial charge is 0.268 e. The second-order valence-corrected chi connectivity index (χ2v) is 3.40. The molecule has 13 heavy (non-hydrogen) atoms. The summed E-state index contributed by atoms with van der Waals surface area (Å²) in [6.07, 6.45) is 1.59. The van der Waals surface area contributed by atoms with Crippen molar-refractivity contribution in [2.75, 3.05) is 0 Å². The van der Waals surface area contributed by atoms with Crippen LogP contribution in [0.5, 0.6) is 0 Å². The summed E-state index contributed by atoms with van der Waals surface area (Å²) in [4.78, 5) is 11.2. The van der Waals surface area contributed by atoms with Crippen LogP contribution in [-0.2, 0) is 0 Å². The number of hydrogen-bond donors (Lipinski definition) is 1. The van der Waals surface area contributed by atoms with Gasteiger partial charge in [0.25, 0.3) is 5.91 Å². The third-order valence-electron chi connectivity index (χ3n) is 1.54. The van der Waals surface area contributed by atoms with Crippen molar-refractivity contribution in [2.24, 2.45) is 0 Å². The van der Waals surface area contributed by atoms with Crippen LogP contribution in [0.3, 0.4) is 0 Å². The molecule has 0 aliphatic heterocycles. The fourth-order valence-corrected chi connectivity index (χ4v) is 1.60. The van der Waals surface area contributed by atoms with Gasteiger partial charge in [-0.05, 0) is 40.5 Å². The summed E-state index contributed by atoms with van der Waals surface area (Å²) in [6, 6.07) is 5.31. The van der Waals surface area contributed by atoms with Gasteiger partial charge in [-0.15, -0.1) is 0 Å². The van der Waals surface area contributed by atoms with Crippen molar-refractivity contribution in [2.45, 2.75) is 6.92 Å². The standard InChI is InChI=1S/C9H7BrN2O/c1-6-2-3-7(8(10)4-6)9(13)12-5-11/h2-4H,1H3,(H,12,13). The van der Waals surface area contributed by atoms with Gasteiger partial charge in [0, 0.05) is 4.47 Å². The molecule has 4 heteroatoms. The van der Waals surface area contributed by atoms with Crippen LogP contribution in [0.2, 0.25) is 0 Å². The molecule has 0 spiro atoms. The highest BCUT2D eigenvalue weighted by Crippen LogP contribution is 2.17. The lowest BCUT2D eigenvalue weighted by atomic mass is 10.1. The van der Waals surface area contributed by atoms with Crippen LogP contribution in [-0.4, -0.2) is 5.91 Å². The molecule has 0 atom stereocenters. The van der Waals surface area contributed by atoms with E-state index >= 15 is 0 Å². The second-order valence-electron chi connectivity index (χ2n) is 2.55. The van der Waals surface area contributed by atoms with Crippen molar-refractivity contribution < 1.29 is 4.79 Å². The molecule has 0 aliphatic rings. The van der Waals surface area contributed by atoms with Gasteiger partial charge >= 0.3 is 0 Å². The van der Waals surface area contributed by atoms with E-state index in [1.54, 1.807) is 12.3 Å². The van der Waals surface area contributed by atoms with Crippen molar-refractivity contribution in [3.63, 3.8) is 0 Å². The predicted molar refractivity (Wildman–Crippen MR) is 52.0 cm³/mol. The first kappa shape index (κ1) is 9.75. The predicted octanol–water partition coefficient (Wildman–Crippen LogP) is 1.97. The Hall–Kier alpha value is -1.34. The Bertz CT molecular complexity index is 382. The topological polar surface area (TPSA) is 52.9 Å². The van der Waals surface area contributed by atoms with Crippen LogP contribution in [0.25, 0.3) is 0 Å². The van der Waals surface area contributed by atoms with E-state index in [0.29, 0.717) is 10.0 Å². The van der Waals surface area contributed by atoms with Crippen molar-refractivity contribution in [3.8, 4) is 6.19 Å². The zero-order valence-corrected chi connectivity index (χ0v) is 8.55. The zero-order valence-electron chi connectivity index (χ0n) is 6.97. The van der Waals surface area contributed by atoms with Crippen LogP contribution >= 0.6 is 15.9 Å². The summed E-state index contributed by atoms with van der Waals surface area (Å²) >= 11 is 3.25. The zero-order chi connectivity index (χ0) is 9.84. The Labute approximate surface area is 84.5 Å². The molecule has 3 nitrogen and oxygen atoms in total. The van der Waals surface area contributed by atoms with Gasteiger partial charge in [-0.2, -0.15) is 5.26 Å². The van der Waals surface area contributed by atoms with Gasteiger partial charge in [-0.25, -0.2) is 0 Å². The van der Waals surface area contributed by atoms with E-state index in [2.05, 4.69) is 21.2 Å². The first-order valence-corrected chi connectivity index (χ1v) is 4.40. The monoisotopic (exact) mass is 238 g/mol. The first-order valence-electron chi connectivity index (χ1n) is 3.60. The number of nitrogens with one attached hydrogen (secondary N) is 1. The summed E-state index contributed by atoms with van der Waals surface area (Å²) in [5.41, 5.74) is 1.52. The Kier molecular flexibility index (Phi) is 3.04. The lowest BCUT2D eigenvalue weighted by Crippen LogP contribution is -2.17. The molecule has 0 unspecified atom stereocenters. The number of halogens is 1. The summed E-state index contributed by atoms with van der Waals surface area (Å²) < 4.78 is 0.695. The maximum atomic E-state index is 11.2. The van der Waals surface area contributed by atoms with Gasteiger partial charge < -0.3 is 0 Å². The van der Waals surface area contributed by atoms with Crippen LogP contribution in [0.4, 0.5) is 0 Å². The van der Waals surface area contributed by atoms with E-state index in [0.717, 1.165) is 5.56 Å². The van der Waals surface area contributed by atoms with E-state index in [9.17, 15) is 4.79 Å². The molecule has 1 aromatic carbocycles. The molecule has 0 bridgehead atoms. The van der Waals surface area contributed by atoms with Gasteiger partial charge in [0.1, 0.15) is 0 Å². The van der Waals surface area contributed by atoms with Gasteiger partial charge in [0.15, 0.2) is 6.19 Å². The SMILES string of the molecule is Cc1ccc(C(=O)NC#N)c(Br)c1. The molecular weight excluding hydrogens is 232 g/mol. The molecule has 0 saturated carbocycles. The lowest BCUT2D eigenvalue weighted by Gasteiger charge is -2.01. The summed E-state index contributed by atoms with van der Waals surface area (Å²) in [7, 11) is 0. The molecular formula is C9H7BrN2O. The minimum absolute atomic E-state index is 0.394. The number of hydrogen-bond acceptors (Lipinski definition) is 2. The molecule has 0 radical (unpaired) electrons. The van der Waals surface area contributed by atoms with Gasteiger partial charge in [0.2, 0.25) is 0 Å². The first-order chi connectivity index (χ1) is 6.15. The second kappa shape index (κ2) is 4.06. The molecule has 0 aliphatic carbocycles. The maximum absolute atomic E-state index is 11.2. The van der Waals surface area contributed by atoms with E-state index in [-0.39, 0.29) is 0 Å². The van der Waals surface area contributed by atoms with Crippen molar-refractivity contribution in [1.29, 1.82) is 5.26 Å². The minimum Gasteiger partial charge on any atom is -0.268 e. The molecule has 1 amide bonds. The maximum Gasteiger partial charge on any atom is 0.265 e. The highest BCUT2D eigenvalue weighted by Gasteiger charge is 2.08. The summed E-state index contributed by atoms with van der Waals surface area (Å²) in [6.45, 7) is 1.93. The Morgan fingerprint density at radius 1 is 1.62 bits per heavy atom. The highest BCUT2D eigenvalue weighted by molar-refractivity contribution is 9.10. The number of aryl methyl sites for hydroxylation is 1. The fraction of sp³-hybridized carbons (Fsp3) is 0.111. The number of benzene rings is 1. The quantitative estimate of drug-likeness (QED) is 0.601. The fourth-order valence-electron chi connectivity index (χ4n) is 0.922. The van der Waals surface area contributed by atoms with Gasteiger partial charge in [0.05, 0.1) is 5.56 Å². The van der Waals surface area contributed by atoms with E-state index in [4.69, 9.17) is 5.26 Å². The normalized spacial score (nSPS) is 9.00. The number of rotatable bonds is 1. The van der Waals surface area contributed by atoms with Crippen molar-refractivity contribution >= 4 is 21.8 Å². The van der Waals surface area contributed by atoms with Crippen LogP contribution in [0.1, 0.15) is 15.9 Å². The number of nitrogens with zero attached hydrogens (tertiary/aromatic N) is 1. The molecule has 0 saturated heterocycles. The average molecular weight is 239 g/mol. The molecule has 1 aromatic rings. The molecule has 0 heterocycles. The van der Waals surface area contributed by atoms with E-state index in [1.807, 2.05) is 19.1 Å². The van der Waals surface area contributed by atoms with Crippen molar-refractivity contribution in [1.82, 2.24) is 5.32 Å². The Morgan fingerprint density at radius 2 is 2.31 bits per heavy atom. The van der Waals surface area contributed by atoms with Crippen LogP contribution < -0.4 is 5.32 Å². The molecule has 0 fully saturated rings. The Morgan fingerprint density at radius 3 is 2.85 bits per heavy atom. The van der Waals surface area contributed by atoms with Crippen LogP contribution in [0.15, 0.2) is 22.7 Å². The number of carbonyl (C=O) groups excluding carboxylic acids is 1. The minimum atomic E-state index is -0.394. The third-order valence-corrected chi connectivity index (χ3v) is 2.19. The van der Waals surface area contributed by atoms with Crippen molar-refractivity contribution in [3.05, 3.63) is 33.8 Å². The van der Waals surface area contributed by atoms with Gasteiger partial charge in [-0.3, -0.25) is 10.1 Å². The molecule has 66 valence electrons. The molecule has 1 N–H and O–H groups in total. The van der Waals surface area contributed by atoms with E-state index < -0.39 is 5.91 Å². The van der Waals surface area contributed by atoms with Crippen LogP contribution in [0, 0.1) is 18.4 Å². The highest BCUT2D eigenvalue weighted by atomic mass is 79.9. The molecule has 1 rings (SSSR count). The average Bonchev–Trinajstić information content (AvgIpc) is 2.04. The smallest absolute Gasteiger partial charge is 0.265 e. The number of carbonyl (C=O) groups is 1. The lowest BCUT2D eigenvalue weighted by molar-refractivity contribution is 0.0972.